The van der Waals surface area contributed by atoms with Gasteiger partial charge in [0.05, 0.1) is 13.0 Å². The second kappa shape index (κ2) is 5.76. The highest BCUT2D eigenvalue weighted by Crippen LogP contribution is 2.14. The van der Waals surface area contributed by atoms with E-state index in [4.69, 9.17) is 11.6 Å². The van der Waals surface area contributed by atoms with Crippen LogP contribution < -0.4 is 0 Å². The van der Waals surface area contributed by atoms with Gasteiger partial charge in [0.15, 0.2) is 0 Å². The summed E-state index contributed by atoms with van der Waals surface area (Å²) in [4.78, 5) is 11.1. The summed E-state index contributed by atoms with van der Waals surface area (Å²) in [5.41, 5.74) is 1.19. The lowest BCUT2D eigenvalue weighted by atomic mass is 10.0. The Morgan fingerprint density at radius 3 is 2.53 bits per heavy atom. The van der Waals surface area contributed by atoms with Crippen molar-refractivity contribution in [3.05, 3.63) is 34.9 Å². The zero-order chi connectivity index (χ0) is 11.3. The van der Waals surface area contributed by atoms with Crippen molar-refractivity contribution < 1.29 is 9.53 Å². The Hall–Kier alpha value is -1.02. The number of rotatable bonds is 4. The van der Waals surface area contributed by atoms with Crippen LogP contribution in [0, 0.1) is 5.92 Å². The number of carbonyl (C=O) groups excluding carboxylic acids is 1. The molecule has 0 fully saturated rings. The lowest BCUT2D eigenvalue weighted by Crippen LogP contribution is -2.13. The molecule has 0 saturated heterocycles. The summed E-state index contributed by atoms with van der Waals surface area (Å²) in [5.74, 6) is -0.199. The SMILES string of the molecule is COC(=O)[C@@H](C)CCc1ccc(Cl)cc1. The van der Waals surface area contributed by atoms with E-state index in [2.05, 4.69) is 4.74 Å². The molecule has 0 aliphatic heterocycles. The van der Waals surface area contributed by atoms with Crippen molar-refractivity contribution in [3.8, 4) is 0 Å². The number of methoxy groups -OCH3 is 1. The zero-order valence-corrected chi connectivity index (χ0v) is 9.75. The molecule has 82 valence electrons. The Morgan fingerprint density at radius 2 is 2.00 bits per heavy atom. The molecular weight excluding hydrogens is 212 g/mol. The van der Waals surface area contributed by atoms with E-state index in [0.717, 1.165) is 17.9 Å². The molecule has 0 aliphatic carbocycles. The van der Waals surface area contributed by atoms with Gasteiger partial charge in [-0.2, -0.15) is 0 Å². The van der Waals surface area contributed by atoms with E-state index in [-0.39, 0.29) is 11.9 Å². The van der Waals surface area contributed by atoms with Crippen molar-refractivity contribution >= 4 is 17.6 Å². The number of halogens is 1. The Morgan fingerprint density at radius 1 is 1.40 bits per heavy atom. The molecule has 0 aliphatic rings. The van der Waals surface area contributed by atoms with Crippen LogP contribution in [0.25, 0.3) is 0 Å². The molecule has 15 heavy (non-hydrogen) atoms. The van der Waals surface area contributed by atoms with Gasteiger partial charge in [0.25, 0.3) is 0 Å². The largest absolute Gasteiger partial charge is 0.469 e. The van der Waals surface area contributed by atoms with Crippen molar-refractivity contribution in [2.24, 2.45) is 5.92 Å². The van der Waals surface area contributed by atoms with Gasteiger partial charge < -0.3 is 4.74 Å². The molecule has 0 radical (unpaired) electrons. The smallest absolute Gasteiger partial charge is 0.308 e. The van der Waals surface area contributed by atoms with Crippen molar-refractivity contribution in [2.75, 3.05) is 7.11 Å². The molecule has 1 atom stereocenters. The van der Waals surface area contributed by atoms with Gasteiger partial charge in [-0.1, -0.05) is 30.7 Å². The van der Waals surface area contributed by atoms with Crippen LogP contribution in [0.2, 0.25) is 5.02 Å². The lowest BCUT2D eigenvalue weighted by Gasteiger charge is -2.08. The Balaban J connectivity index is 2.43. The maximum atomic E-state index is 11.1. The molecule has 0 saturated carbocycles. The zero-order valence-electron chi connectivity index (χ0n) is 9.00. The van der Waals surface area contributed by atoms with E-state index in [1.165, 1.54) is 12.7 Å². The number of carbonyl (C=O) groups is 1. The van der Waals surface area contributed by atoms with Crippen LogP contribution in [0.4, 0.5) is 0 Å². The fraction of sp³-hybridized carbons (Fsp3) is 0.417. The Kier molecular flexibility index (Phi) is 4.63. The summed E-state index contributed by atoms with van der Waals surface area (Å²) in [6.45, 7) is 1.88. The van der Waals surface area contributed by atoms with Crippen molar-refractivity contribution in [1.29, 1.82) is 0 Å². The quantitative estimate of drug-likeness (QED) is 0.738. The normalized spacial score (nSPS) is 12.2. The highest BCUT2D eigenvalue weighted by molar-refractivity contribution is 6.30. The van der Waals surface area contributed by atoms with Crippen LogP contribution in [0.1, 0.15) is 18.9 Å². The molecule has 0 spiro atoms. The number of ether oxygens (including phenoxy) is 1. The number of hydrogen-bond donors (Lipinski definition) is 0. The van der Waals surface area contributed by atoms with Gasteiger partial charge in [-0.15, -0.1) is 0 Å². The molecular formula is C12H15ClO2. The van der Waals surface area contributed by atoms with Gasteiger partial charge in [-0.3, -0.25) is 4.79 Å². The van der Waals surface area contributed by atoms with Crippen LogP contribution >= 0.6 is 11.6 Å². The first-order valence-corrected chi connectivity index (χ1v) is 5.33. The first kappa shape index (κ1) is 12.1. The van der Waals surface area contributed by atoms with E-state index in [0.29, 0.717) is 0 Å². The summed E-state index contributed by atoms with van der Waals surface area (Å²) in [7, 11) is 1.42. The second-order valence-corrected chi connectivity index (χ2v) is 4.03. The van der Waals surface area contributed by atoms with Crippen LogP contribution in [0.5, 0.6) is 0 Å². The summed E-state index contributed by atoms with van der Waals surface area (Å²) in [6, 6.07) is 7.68. The molecule has 0 aromatic heterocycles. The van der Waals surface area contributed by atoms with E-state index in [1.807, 2.05) is 31.2 Å². The average molecular weight is 227 g/mol. The highest BCUT2D eigenvalue weighted by atomic mass is 35.5. The number of esters is 1. The minimum atomic E-state index is -0.149. The van der Waals surface area contributed by atoms with Gasteiger partial charge in [0, 0.05) is 5.02 Å². The molecule has 1 aromatic carbocycles. The van der Waals surface area contributed by atoms with E-state index in [1.54, 1.807) is 0 Å². The van der Waals surface area contributed by atoms with Crippen molar-refractivity contribution in [3.63, 3.8) is 0 Å². The molecule has 0 amide bonds. The summed E-state index contributed by atoms with van der Waals surface area (Å²) < 4.78 is 4.66. The van der Waals surface area contributed by atoms with Crippen LogP contribution in [-0.2, 0) is 16.0 Å². The summed E-state index contributed by atoms with van der Waals surface area (Å²) >= 11 is 5.77. The fourth-order valence-electron chi connectivity index (χ4n) is 1.35. The second-order valence-electron chi connectivity index (χ2n) is 3.59. The van der Waals surface area contributed by atoms with Gasteiger partial charge in [0.2, 0.25) is 0 Å². The monoisotopic (exact) mass is 226 g/mol. The Bertz CT molecular complexity index is 319. The van der Waals surface area contributed by atoms with E-state index < -0.39 is 0 Å². The maximum absolute atomic E-state index is 11.1. The third-order valence-corrected chi connectivity index (χ3v) is 2.63. The van der Waals surface area contributed by atoms with Gasteiger partial charge >= 0.3 is 5.97 Å². The molecule has 3 heteroatoms. The minimum absolute atomic E-state index is 0.0503. The minimum Gasteiger partial charge on any atom is -0.469 e. The highest BCUT2D eigenvalue weighted by Gasteiger charge is 2.12. The van der Waals surface area contributed by atoms with Gasteiger partial charge in [-0.25, -0.2) is 0 Å². The predicted octanol–water partition coefficient (Wildman–Crippen LogP) is 3.08. The molecule has 0 bridgehead atoms. The van der Waals surface area contributed by atoms with Gasteiger partial charge in [-0.05, 0) is 30.5 Å². The third kappa shape index (κ3) is 3.92. The predicted molar refractivity (Wildman–Crippen MR) is 61.0 cm³/mol. The standard InChI is InChI=1S/C12H15ClO2/c1-9(12(14)15-2)3-4-10-5-7-11(13)8-6-10/h5-9H,3-4H2,1-2H3/t9-/m0/s1. The molecule has 2 nitrogen and oxygen atoms in total. The van der Waals surface area contributed by atoms with E-state index >= 15 is 0 Å². The van der Waals surface area contributed by atoms with Crippen LogP contribution in [0.3, 0.4) is 0 Å². The summed E-state index contributed by atoms with van der Waals surface area (Å²) in [6.07, 6.45) is 1.67. The molecule has 0 N–H and O–H groups in total. The van der Waals surface area contributed by atoms with Gasteiger partial charge in [0.1, 0.15) is 0 Å². The lowest BCUT2D eigenvalue weighted by molar-refractivity contribution is -0.145. The van der Waals surface area contributed by atoms with Crippen molar-refractivity contribution in [2.45, 2.75) is 19.8 Å². The first-order chi connectivity index (χ1) is 7.13. The number of hydrogen-bond acceptors (Lipinski definition) is 2. The van der Waals surface area contributed by atoms with Crippen LogP contribution in [-0.4, -0.2) is 13.1 Å². The van der Waals surface area contributed by atoms with Crippen LogP contribution in [0.15, 0.2) is 24.3 Å². The number of benzene rings is 1. The first-order valence-electron chi connectivity index (χ1n) is 4.95. The third-order valence-electron chi connectivity index (χ3n) is 2.38. The molecule has 0 unspecified atom stereocenters. The molecule has 1 aromatic rings. The molecule has 1 rings (SSSR count). The summed E-state index contributed by atoms with van der Waals surface area (Å²) in [5, 5.41) is 0.736. The average Bonchev–Trinajstić information content (AvgIpc) is 2.26. The Labute approximate surface area is 95.2 Å². The number of aryl methyl sites for hydroxylation is 1. The topological polar surface area (TPSA) is 26.3 Å². The van der Waals surface area contributed by atoms with E-state index in [9.17, 15) is 4.79 Å². The maximum Gasteiger partial charge on any atom is 0.308 e. The fourth-order valence-corrected chi connectivity index (χ4v) is 1.48. The molecule has 0 heterocycles. The van der Waals surface area contributed by atoms with Crippen molar-refractivity contribution in [1.82, 2.24) is 0 Å².